The van der Waals surface area contributed by atoms with Crippen LogP contribution < -0.4 is 15.5 Å². The van der Waals surface area contributed by atoms with E-state index in [9.17, 15) is 18.8 Å². The maximum absolute atomic E-state index is 13.8. The van der Waals surface area contributed by atoms with E-state index in [1.165, 1.54) is 12.1 Å². The molecule has 1 aliphatic heterocycles. The fourth-order valence-electron chi connectivity index (χ4n) is 3.07. The molecule has 0 radical (unpaired) electrons. The molecule has 0 bridgehead atoms. The largest absolute Gasteiger partial charge is 0.444 e. The number of nitrogens with zero attached hydrogens (tertiary/aromatic N) is 1. The van der Waals surface area contributed by atoms with Crippen LogP contribution in [0.2, 0.25) is 0 Å². The van der Waals surface area contributed by atoms with Crippen LogP contribution in [-0.2, 0) is 9.53 Å². The van der Waals surface area contributed by atoms with Gasteiger partial charge < -0.3 is 15.0 Å². The van der Waals surface area contributed by atoms with Gasteiger partial charge in [-0.3, -0.25) is 14.9 Å². The molecule has 30 heavy (non-hydrogen) atoms. The minimum absolute atomic E-state index is 0.0153. The van der Waals surface area contributed by atoms with Gasteiger partial charge in [0, 0.05) is 24.2 Å². The molecule has 3 rings (SSSR count). The van der Waals surface area contributed by atoms with Crippen LogP contribution in [0.15, 0.2) is 42.5 Å². The van der Waals surface area contributed by atoms with E-state index < -0.39 is 23.4 Å². The first-order chi connectivity index (χ1) is 14.1. The molecule has 0 aromatic heterocycles. The molecule has 0 unspecified atom stereocenters. The predicted molar refractivity (Wildman–Crippen MR) is 112 cm³/mol. The summed E-state index contributed by atoms with van der Waals surface area (Å²) in [6.07, 6.45) is 0.539. The van der Waals surface area contributed by atoms with Crippen molar-refractivity contribution >= 4 is 35.0 Å². The molecule has 1 saturated heterocycles. The van der Waals surface area contributed by atoms with Gasteiger partial charge >= 0.3 is 6.09 Å². The van der Waals surface area contributed by atoms with Crippen LogP contribution in [0.3, 0.4) is 0 Å². The highest BCUT2D eigenvalue weighted by Gasteiger charge is 2.23. The Balaban J connectivity index is 1.79. The Kier molecular flexibility index (Phi) is 6.05. The zero-order chi connectivity index (χ0) is 21.9. The summed E-state index contributed by atoms with van der Waals surface area (Å²) in [5, 5.41) is 5.13. The molecule has 2 aromatic rings. The zero-order valence-electron chi connectivity index (χ0n) is 17.1. The Bertz CT molecular complexity index is 985. The van der Waals surface area contributed by atoms with Gasteiger partial charge in [0.2, 0.25) is 5.91 Å². The number of hydrogen-bond acceptors (Lipinski definition) is 4. The first-order valence-corrected chi connectivity index (χ1v) is 9.64. The topological polar surface area (TPSA) is 87.7 Å². The summed E-state index contributed by atoms with van der Waals surface area (Å²) in [7, 11) is 0. The highest BCUT2D eigenvalue weighted by Crippen LogP contribution is 2.26. The molecule has 2 aromatic carbocycles. The lowest BCUT2D eigenvalue weighted by Crippen LogP contribution is -2.27. The molecule has 2 N–H and O–H groups in total. The van der Waals surface area contributed by atoms with Crippen LogP contribution in [0.5, 0.6) is 0 Å². The minimum atomic E-state index is -0.723. The average Bonchev–Trinajstić information content (AvgIpc) is 3.08. The maximum Gasteiger partial charge on any atom is 0.412 e. The van der Waals surface area contributed by atoms with E-state index in [0.29, 0.717) is 24.2 Å². The van der Waals surface area contributed by atoms with Gasteiger partial charge in [-0.25, -0.2) is 9.18 Å². The van der Waals surface area contributed by atoms with Crippen LogP contribution in [-0.4, -0.2) is 30.1 Å². The van der Waals surface area contributed by atoms with Crippen LogP contribution in [0.4, 0.5) is 26.2 Å². The standard InChI is InChI=1S/C22H24FN3O4/c1-22(2,3)30-21(29)25-17-10-9-15(23)13-18(17)24-20(28)14-6-4-7-16(12-14)26-11-5-8-19(26)27/h4,6-7,9-10,12-13H,5,8,11H2,1-3H3,(H,24,28)(H,25,29). The first kappa shape index (κ1) is 21.3. The predicted octanol–water partition coefficient (Wildman–Crippen LogP) is 4.55. The average molecular weight is 413 g/mol. The Morgan fingerprint density at radius 2 is 1.83 bits per heavy atom. The summed E-state index contributed by atoms with van der Waals surface area (Å²) in [6.45, 7) is 5.77. The molecule has 0 aliphatic carbocycles. The van der Waals surface area contributed by atoms with Crippen molar-refractivity contribution in [2.45, 2.75) is 39.2 Å². The van der Waals surface area contributed by atoms with Crippen molar-refractivity contribution in [2.75, 3.05) is 22.1 Å². The molecule has 3 amide bonds. The number of halogens is 1. The van der Waals surface area contributed by atoms with Gasteiger partial charge in [0.15, 0.2) is 0 Å². The van der Waals surface area contributed by atoms with E-state index in [1.807, 2.05) is 0 Å². The van der Waals surface area contributed by atoms with E-state index >= 15 is 0 Å². The van der Waals surface area contributed by atoms with Gasteiger partial charge in [-0.15, -0.1) is 0 Å². The zero-order valence-corrected chi connectivity index (χ0v) is 17.1. The molecule has 7 nitrogen and oxygen atoms in total. The van der Waals surface area contributed by atoms with Crippen molar-refractivity contribution in [3.8, 4) is 0 Å². The number of rotatable bonds is 4. The van der Waals surface area contributed by atoms with Crippen molar-refractivity contribution in [1.82, 2.24) is 0 Å². The van der Waals surface area contributed by atoms with E-state index in [1.54, 1.807) is 49.9 Å². The molecule has 0 spiro atoms. The van der Waals surface area contributed by atoms with Gasteiger partial charge in [-0.2, -0.15) is 0 Å². The number of benzene rings is 2. The molecule has 1 heterocycles. The second-order valence-electron chi connectivity index (χ2n) is 7.97. The number of carbonyl (C=O) groups is 3. The third-order valence-electron chi connectivity index (χ3n) is 4.36. The third kappa shape index (κ3) is 5.34. The third-order valence-corrected chi connectivity index (χ3v) is 4.36. The van der Waals surface area contributed by atoms with Crippen molar-refractivity contribution in [2.24, 2.45) is 0 Å². The number of carbonyl (C=O) groups excluding carboxylic acids is 3. The Labute approximate surface area is 174 Å². The second kappa shape index (κ2) is 8.52. The summed E-state index contributed by atoms with van der Waals surface area (Å²) < 4.78 is 19.0. The number of nitrogens with one attached hydrogen (secondary N) is 2. The van der Waals surface area contributed by atoms with Crippen LogP contribution in [0.1, 0.15) is 44.0 Å². The normalized spacial score (nSPS) is 13.9. The molecule has 1 aliphatic rings. The Morgan fingerprint density at radius 1 is 1.07 bits per heavy atom. The fourth-order valence-corrected chi connectivity index (χ4v) is 3.07. The Morgan fingerprint density at radius 3 is 2.50 bits per heavy atom. The lowest BCUT2D eigenvalue weighted by Gasteiger charge is -2.20. The number of hydrogen-bond donors (Lipinski definition) is 2. The van der Waals surface area contributed by atoms with E-state index in [-0.39, 0.29) is 17.3 Å². The highest BCUT2D eigenvalue weighted by molar-refractivity contribution is 6.08. The first-order valence-electron chi connectivity index (χ1n) is 9.64. The van der Waals surface area contributed by atoms with Gasteiger partial charge in [0.1, 0.15) is 11.4 Å². The van der Waals surface area contributed by atoms with E-state index in [2.05, 4.69) is 10.6 Å². The van der Waals surface area contributed by atoms with Gasteiger partial charge in [0.25, 0.3) is 5.91 Å². The highest BCUT2D eigenvalue weighted by atomic mass is 19.1. The maximum atomic E-state index is 13.8. The van der Waals surface area contributed by atoms with Crippen LogP contribution in [0, 0.1) is 5.82 Å². The van der Waals surface area contributed by atoms with Gasteiger partial charge in [-0.05, 0) is 63.6 Å². The van der Waals surface area contributed by atoms with Crippen molar-refractivity contribution in [3.05, 3.63) is 53.8 Å². The molecular formula is C22H24FN3O4. The minimum Gasteiger partial charge on any atom is -0.444 e. The number of ether oxygens (including phenoxy) is 1. The fraction of sp³-hybridized carbons (Fsp3) is 0.318. The lowest BCUT2D eigenvalue weighted by atomic mass is 10.1. The SMILES string of the molecule is CC(C)(C)OC(=O)Nc1ccc(F)cc1NC(=O)c1cccc(N2CCCC2=O)c1. The quantitative estimate of drug-likeness (QED) is 0.770. The number of amides is 3. The van der Waals surface area contributed by atoms with E-state index in [0.717, 1.165) is 12.5 Å². The van der Waals surface area contributed by atoms with Crippen LogP contribution in [0.25, 0.3) is 0 Å². The number of anilines is 3. The summed E-state index contributed by atoms with van der Waals surface area (Å²) >= 11 is 0. The molecule has 8 heteroatoms. The molecule has 0 saturated carbocycles. The summed E-state index contributed by atoms with van der Waals surface area (Å²) in [6, 6.07) is 10.3. The van der Waals surface area contributed by atoms with Crippen molar-refractivity contribution < 1.29 is 23.5 Å². The summed E-state index contributed by atoms with van der Waals surface area (Å²) in [4.78, 5) is 38.4. The van der Waals surface area contributed by atoms with Crippen LogP contribution >= 0.6 is 0 Å². The van der Waals surface area contributed by atoms with Crippen molar-refractivity contribution in [3.63, 3.8) is 0 Å². The Hall–Kier alpha value is -3.42. The van der Waals surface area contributed by atoms with Crippen molar-refractivity contribution in [1.29, 1.82) is 0 Å². The smallest absolute Gasteiger partial charge is 0.412 e. The second-order valence-corrected chi connectivity index (χ2v) is 7.97. The summed E-state index contributed by atoms with van der Waals surface area (Å²) in [5.41, 5.74) is 0.524. The molecule has 158 valence electrons. The van der Waals surface area contributed by atoms with Gasteiger partial charge in [0.05, 0.1) is 11.4 Å². The molecule has 1 fully saturated rings. The van der Waals surface area contributed by atoms with Gasteiger partial charge in [-0.1, -0.05) is 6.07 Å². The lowest BCUT2D eigenvalue weighted by molar-refractivity contribution is -0.117. The summed E-state index contributed by atoms with van der Waals surface area (Å²) in [5.74, 6) is -1.06. The molecule has 0 atom stereocenters. The monoisotopic (exact) mass is 413 g/mol. The molecular weight excluding hydrogens is 389 g/mol. The van der Waals surface area contributed by atoms with E-state index in [4.69, 9.17) is 4.74 Å².